The first-order valence-corrected chi connectivity index (χ1v) is 10.4. The minimum absolute atomic E-state index is 0.0945. The highest BCUT2D eigenvalue weighted by atomic mass is 32.2. The van der Waals surface area contributed by atoms with Crippen molar-refractivity contribution in [2.75, 3.05) is 12.9 Å². The lowest BCUT2D eigenvalue weighted by atomic mass is 10.1. The van der Waals surface area contributed by atoms with E-state index < -0.39 is 32.4 Å². The third-order valence-electron chi connectivity index (χ3n) is 4.11. The van der Waals surface area contributed by atoms with Crippen molar-refractivity contribution < 1.29 is 27.5 Å². The average Bonchev–Trinajstić information content (AvgIpc) is 2.64. The van der Waals surface area contributed by atoms with Crippen LogP contribution in [0.2, 0.25) is 0 Å². The summed E-state index contributed by atoms with van der Waals surface area (Å²) in [7, 11) is -3.82. The number of benzene rings is 1. The number of sulfone groups is 1. The number of hydroxylamine groups is 1. The summed E-state index contributed by atoms with van der Waals surface area (Å²) in [6.07, 6.45) is 1.50. The SMILES string of the molecule is CCOc1ccc(-c2cc(=O)n(CCC(C(=O)NO)S(C)(=O)=O)cc2F)cc1. The number of aryl methyl sites for hydroxylation is 1. The zero-order valence-electron chi connectivity index (χ0n) is 15.4. The second kappa shape index (κ2) is 8.98. The van der Waals surface area contributed by atoms with Crippen molar-refractivity contribution in [3.63, 3.8) is 0 Å². The van der Waals surface area contributed by atoms with Gasteiger partial charge < -0.3 is 9.30 Å². The number of pyridine rings is 1. The molecule has 0 saturated carbocycles. The molecule has 0 spiro atoms. The molecule has 1 unspecified atom stereocenters. The van der Waals surface area contributed by atoms with Crippen LogP contribution in [-0.4, -0.2) is 42.2 Å². The lowest BCUT2D eigenvalue weighted by molar-refractivity contribution is -0.128. The topological polar surface area (TPSA) is 115 Å². The van der Waals surface area contributed by atoms with E-state index >= 15 is 0 Å². The zero-order chi connectivity index (χ0) is 20.9. The molecule has 0 aliphatic heterocycles. The Morgan fingerprint density at radius 3 is 2.50 bits per heavy atom. The molecule has 1 aromatic heterocycles. The van der Waals surface area contributed by atoms with E-state index in [1.165, 1.54) is 5.48 Å². The first kappa shape index (κ1) is 21.6. The van der Waals surface area contributed by atoms with Crippen LogP contribution in [0.4, 0.5) is 4.39 Å². The molecule has 10 heteroatoms. The maximum Gasteiger partial charge on any atom is 0.261 e. The van der Waals surface area contributed by atoms with E-state index in [1.54, 1.807) is 24.3 Å². The van der Waals surface area contributed by atoms with Crippen LogP contribution in [0.15, 0.2) is 41.3 Å². The second-order valence-electron chi connectivity index (χ2n) is 6.11. The maximum absolute atomic E-state index is 14.5. The predicted molar refractivity (Wildman–Crippen MR) is 100 cm³/mol. The number of carbonyl (C=O) groups is 1. The molecule has 28 heavy (non-hydrogen) atoms. The van der Waals surface area contributed by atoms with Gasteiger partial charge in [0.2, 0.25) is 0 Å². The minimum atomic E-state index is -3.82. The Morgan fingerprint density at radius 2 is 1.96 bits per heavy atom. The molecule has 0 radical (unpaired) electrons. The van der Waals surface area contributed by atoms with Gasteiger partial charge in [0.1, 0.15) is 16.8 Å². The van der Waals surface area contributed by atoms with E-state index in [4.69, 9.17) is 9.94 Å². The monoisotopic (exact) mass is 412 g/mol. The molecule has 8 nitrogen and oxygen atoms in total. The van der Waals surface area contributed by atoms with Crippen molar-refractivity contribution in [2.24, 2.45) is 0 Å². The van der Waals surface area contributed by atoms with Gasteiger partial charge in [-0.1, -0.05) is 12.1 Å². The first-order valence-electron chi connectivity index (χ1n) is 8.43. The van der Waals surface area contributed by atoms with Crippen molar-refractivity contribution in [1.29, 1.82) is 0 Å². The number of halogens is 1. The lowest BCUT2D eigenvalue weighted by Crippen LogP contribution is -2.39. The summed E-state index contributed by atoms with van der Waals surface area (Å²) in [5, 5.41) is 7.12. The molecular formula is C18H21FN2O6S. The van der Waals surface area contributed by atoms with Crippen LogP contribution in [0.3, 0.4) is 0 Å². The van der Waals surface area contributed by atoms with Crippen LogP contribution in [0.5, 0.6) is 5.75 Å². The summed E-state index contributed by atoms with van der Waals surface area (Å²) in [4.78, 5) is 23.8. The van der Waals surface area contributed by atoms with E-state index in [2.05, 4.69) is 0 Å². The fourth-order valence-electron chi connectivity index (χ4n) is 2.71. The van der Waals surface area contributed by atoms with Crippen LogP contribution in [0.1, 0.15) is 13.3 Å². The van der Waals surface area contributed by atoms with Crippen molar-refractivity contribution >= 4 is 15.7 Å². The quantitative estimate of drug-likeness (QED) is 0.500. The molecule has 1 atom stereocenters. The van der Waals surface area contributed by atoms with Gasteiger partial charge in [-0.3, -0.25) is 14.8 Å². The minimum Gasteiger partial charge on any atom is -0.494 e. The van der Waals surface area contributed by atoms with Gasteiger partial charge in [0.05, 0.1) is 6.61 Å². The third kappa shape index (κ3) is 5.17. The Morgan fingerprint density at radius 1 is 1.32 bits per heavy atom. The van der Waals surface area contributed by atoms with E-state index in [0.717, 1.165) is 23.1 Å². The Labute approximate surface area is 161 Å². The van der Waals surface area contributed by atoms with Gasteiger partial charge in [-0.05, 0) is 31.0 Å². The van der Waals surface area contributed by atoms with E-state index in [0.29, 0.717) is 17.9 Å². The van der Waals surface area contributed by atoms with Crippen molar-refractivity contribution in [1.82, 2.24) is 10.0 Å². The molecule has 0 aliphatic carbocycles. The number of ether oxygens (including phenoxy) is 1. The normalized spacial score (nSPS) is 12.4. The van der Waals surface area contributed by atoms with Crippen LogP contribution in [0.25, 0.3) is 11.1 Å². The molecule has 1 amide bonds. The molecule has 152 valence electrons. The molecular weight excluding hydrogens is 391 g/mol. The van der Waals surface area contributed by atoms with Gasteiger partial charge in [-0.2, -0.15) is 0 Å². The number of amides is 1. The van der Waals surface area contributed by atoms with Gasteiger partial charge in [0.15, 0.2) is 9.84 Å². The lowest BCUT2D eigenvalue weighted by Gasteiger charge is -2.14. The number of hydrogen-bond donors (Lipinski definition) is 2. The Hall–Kier alpha value is -2.72. The molecule has 2 N–H and O–H groups in total. The largest absolute Gasteiger partial charge is 0.494 e. The number of nitrogens with zero attached hydrogens (tertiary/aromatic N) is 1. The maximum atomic E-state index is 14.5. The summed E-state index contributed by atoms with van der Waals surface area (Å²) < 4.78 is 44.2. The molecule has 2 aromatic rings. The number of rotatable bonds is 8. The summed E-state index contributed by atoms with van der Waals surface area (Å²) >= 11 is 0. The van der Waals surface area contributed by atoms with Gasteiger partial charge in [0.25, 0.3) is 11.5 Å². The van der Waals surface area contributed by atoms with Gasteiger partial charge in [0, 0.05) is 30.6 Å². The number of nitrogens with one attached hydrogen (secondary N) is 1. The standard InChI is InChI=1S/C18H21FN2O6S/c1-3-27-13-6-4-12(5-7-13)14-10-17(22)21(11-15(14)19)9-8-16(18(23)20-24)28(2,25)26/h4-7,10-11,16,24H,3,8-9H2,1-2H3,(H,20,23). The van der Waals surface area contributed by atoms with E-state index in [1.807, 2.05) is 6.92 Å². The van der Waals surface area contributed by atoms with Gasteiger partial charge in [-0.15, -0.1) is 0 Å². The first-order chi connectivity index (χ1) is 13.2. The molecule has 1 heterocycles. The van der Waals surface area contributed by atoms with Crippen molar-refractivity contribution in [3.8, 4) is 16.9 Å². The van der Waals surface area contributed by atoms with Crippen LogP contribution in [-0.2, 0) is 21.2 Å². The summed E-state index contributed by atoms with van der Waals surface area (Å²) in [6, 6.07) is 7.67. The molecule has 0 saturated heterocycles. The average molecular weight is 412 g/mol. The third-order valence-corrected chi connectivity index (χ3v) is 5.59. The Balaban J connectivity index is 2.26. The number of aromatic nitrogens is 1. The van der Waals surface area contributed by atoms with Gasteiger partial charge >= 0.3 is 0 Å². The van der Waals surface area contributed by atoms with Crippen LogP contribution >= 0.6 is 0 Å². The molecule has 0 bridgehead atoms. The predicted octanol–water partition coefficient (Wildman–Crippen LogP) is 1.36. The van der Waals surface area contributed by atoms with Crippen molar-refractivity contribution in [3.05, 3.63) is 52.7 Å². The summed E-state index contributed by atoms with van der Waals surface area (Å²) in [5.74, 6) is -1.16. The highest BCUT2D eigenvalue weighted by Crippen LogP contribution is 2.24. The zero-order valence-corrected chi connectivity index (χ0v) is 16.2. The summed E-state index contributed by atoms with van der Waals surface area (Å²) in [6.45, 7) is 2.11. The highest BCUT2D eigenvalue weighted by Gasteiger charge is 2.28. The molecule has 2 rings (SSSR count). The molecule has 1 aromatic carbocycles. The van der Waals surface area contributed by atoms with Gasteiger partial charge in [-0.25, -0.2) is 18.3 Å². The van der Waals surface area contributed by atoms with Crippen molar-refractivity contribution in [2.45, 2.75) is 25.1 Å². The number of carbonyl (C=O) groups excluding carboxylic acids is 1. The van der Waals surface area contributed by atoms with E-state index in [-0.39, 0.29) is 18.5 Å². The van der Waals surface area contributed by atoms with Crippen LogP contribution < -0.4 is 15.8 Å². The summed E-state index contributed by atoms with van der Waals surface area (Å²) in [5.41, 5.74) is 1.31. The van der Waals surface area contributed by atoms with E-state index in [9.17, 15) is 22.4 Å². The second-order valence-corrected chi connectivity index (χ2v) is 8.34. The Kier molecular flexibility index (Phi) is 6.92. The smallest absolute Gasteiger partial charge is 0.261 e. The number of hydrogen-bond acceptors (Lipinski definition) is 6. The highest BCUT2D eigenvalue weighted by molar-refractivity contribution is 7.92. The molecule has 0 aliphatic rings. The fraction of sp³-hybridized carbons (Fsp3) is 0.333. The molecule has 0 fully saturated rings. The Bertz CT molecular complexity index is 1000. The fourth-order valence-corrected chi connectivity index (χ4v) is 3.68. The van der Waals surface area contributed by atoms with Crippen LogP contribution in [0, 0.1) is 5.82 Å².